The normalized spacial score (nSPS) is 13.5. The van der Waals surface area contributed by atoms with Crippen molar-refractivity contribution in [2.45, 2.75) is 13.1 Å². The van der Waals surface area contributed by atoms with Gasteiger partial charge in [0.1, 0.15) is 5.75 Å². The molecule has 1 atom stereocenters. The Morgan fingerprint density at radius 3 is 2.40 bits per heavy atom. The summed E-state index contributed by atoms with van der Waals surface area (Å²) in [6.45, 7) is -2.65. The molecule has 0 fully saturated rings. The van der Waals surface area contributed by atoms with Gasteiger partial charge in [0.2, 0.25) is 5.43 Å². The largest absolute Gasteiger partial charge is 0.492 e. The number of pyridine rings is 1. The number of H-pyrrole nitrogens is 1. The molecule has 0 spiro atoms. The minimum Gasteiger partial charge on any atom is -0.408 e. The van der Waals surface area contributed by atoms with Gasteiger partial charge in [0.05, 0.1) is 21.7 Å². The Labute approximate surface area is 199 Å². The lowest BCUT2D eigenvalue weighted by molar-refractivity contribution is -0.384. The minimum absolute atomic E-state index is 0.0801. The molecule has 1 N–H and O–H groups in total. The Morgan fingerprint density at radius 1 is 1.09 bits per heavy atom. The molecule has 2 aromatic carbocycles. The lowest BCUT2D eigenvalue weighted by Gasteiger charge is -2.21. The third kappa shape index (κ3) is 5.13. The van der Waals surface area contributed by atoms with E-state index >= 15 is 0 Å². The summed E-state index contributed by atoms with van der Waals surface area (Å²) in [7, 11) is 0. The zero-order valence-corrected chi connectivity index (χ0v) is 19.6. The molecule has 0 aromatic heterocycles. The fourth-order valence-electron chi connectivity index (χ4n) is 3.36. The van der Waals surface area contributed by atoms with E-state index in [9.17, 15) is 32.6 Å². The van der Waals surface area contributed by atoms with Crippen LogP contribution in [0.15, 0.2) is 65.5 Å². The van der Waals surface area contributed by atoms with Crippen LogP contribution >= 0.6 is 18.2 Å². The molecule has 0 amide bonds. The van der Waals surface area contributed by atoms with Crippen LogP contribution in [-0.2, 0) is 10.7 Å². The number of fused-ring (bicyclic) bond motifs is 2. The summed E-state index contributed by atoms with van der Waals surface area (Å²) < 4.78 is 65.9. The third-order valence-corrected chi connectivity index (χ3v) is 8.47. The molecule has 182 valence electrons. The summed E-state index contributed by atoms with van der Waals surface area (Å²) in [5.41, 5.74) is -2.65. The third-order valence-electron chi connectivity index (χ3n) is 4.87. The number of nitro benzene ring substituents is 1. The first-order chi connectivity index (χ1) is 16.5. The summed E-state index contributed by atoms with van der Waals surface area (Å²) in [4.78, 5) is 26.0. The molecule has 1 heterocycles. The predicted octanol–water partition coefficient (Wildman–Crippen LogP) is 6.88. The molecule has 2 aliphatic rings. The Kier molecular flexibility index (Phi) is 6.52. The molecule has 13 heteroatoms. The smallest absolute Gasteiger partial charge is 0.408 e. The summed E-state index contributed by atoms with van der Waals surface area (Å²) in [6.07, 6.45) is -4.86. The van der Waals surface area contributed by atoms with Crippen LogP contribution in [0.1, 0.15) is 12.5 Å². The van der Waals surface area contributed by atoms with Crippen molar-refractivity contribution in [1.29, 1.82) is 0 Å². The second kappa shape index (κ2) is 9.27. The van der Waals surface area contributed by atoms with Crippen molar-refractivity contribution in [1.82, 2.24) is 4.98 Å². The number of alkyl halides is 3. The summed E-state index contributed by atoms with van der Waals surface area (Å²) >= 11 is 0.658. The number of aromatic amines is 1. The van der Waals surface area contributed by atoms with E-state index in [0.29, 0.717) is 28.4 Å². The highest BCUT2D eigenvalue weighted by atomic mass is 32.7. The van der Waals surface area contributed by atoms with Gasteiger partial charge in [0, 0.05) is 23.4 Å². The number of nitrogens with zero attached hydrogens (tertiary/aromatic N) is 1. The Morgan fingerprint density at radius 2 is 1.77 bits per heavy atom. The first kappa shape index (κ1) is 24.6. The standard InChI is InChI=1S/C22H16F3N2O6PS/c1-2-35-34(31,32-15-9-7-14(8-10-15)27(29)30)33-19-12-17(22(23,24)25)20-16(21(19)28)11-13-5-3-4-6-18(13)26-20/h3-12,26H,2H2,1H3. The van der Waals surface area contributed by atoms with E-state index in [1.54, 1.807) is 31.2 Å². The monoisotopic (exact) mass is 524 g/mol. The number of halogens is 3. The average Bonchev–Trinajstić information content (AvgIpc) is 2.79. The molecule has 0 bridgehead atoms. The highest BCUT2D eigenvalue weighted by molar-refractivity contribution is 8.55. The van der Waals surface area contributed by atoms with Crippen LogP contribution < -0.4 is 14.5 Å². The summed E-state index contributed by atoms with van der Waals surface area (Å²) in [5.74, 6) is -0.695. The van der Waals surface area contributed by atoms with Gasteiger partial charge in [-0.05, 0) is 47.1 Å². The molecule has 1 aliphatic carbocycles. The zero-order chi connectivity index (χ0) is 25.4. The van der Waals surface area contributed by atoms with Gasteiger partial charge in [-0.1, -0.05) is 25.1 Å². The first-order valence-electron chi connectivity index (χ1n) is 10.0. The van der Waals surface area contributed by atoms with Crippen LogP contribution in [0.3, 0.4) is 0 Å². The van der Waals surface area contributed by atoms with Crippen molar-refractivity contribution in [2.75, 3.05) is 5.75 Å². The van der Waals surface area contributed by atoms with E-state index in [0.717, 1.165) is 12.1 Å². The maximum Gasteiger partial charge on any atom is 0.492 e. The number of benzene rings is 3. The van der Waals surface area contributed by atoms with Gasteiger partial charge in [-0.15, -0.1) is 0 Å². The highest BCUT2D eigenvalue weighted by Gasteiger charge is 2.39. The van der Waals surface area contributed by atoms with Gasteiger partial charge in [0.25, 0.3) is 5.69 Å². The number of nitrogens with one attached hydrogen (secondary N) is 1. The fraction of sp³-hybridized carbons (Fsp3) is 0.136. The molecule has 1 unspecified atom stereocenters. The van der Waals surface area contributed by atoms with E-state index in [4.69, 9.17) is 9.05 Å². The van der Waals surface area contributed by atoms with Crippen LogP contribution in [0.2, 0.25) is 0 Å². The van der Waals surface area contributed by atoms with E-state index in [1.165, 1.54) is 18.2 Å². The molecule has 0 saturated carbocycles. The molecule has 0 radical (unpaired) electrons. The molecule has 35 heavy (non-hydrogen) atoms. The van der Waals surface area contributed by atoms with Crippen LogP contribution in [-0.4, -0.2) is 15.7 Å². The SMILES string of the molecule is CCSP(=O)(Oc1ccc([N+](=O)[O-])cc1)Oc1cc(C(F)(F)F)c2[nH]c3ccccc3cc-2c1=O. The highest BCUT2D eigenvalue weighted by Crippen LogP contribution is 2.59. The topological polar surface area (TPSA) is 112 Å². The van der Waals surface area contributed by atoms with E-state index in [1.807, 2.05) is 0 Å². The van der Waals surface area contributed by atoms with Crippen molar-refractivity contribution < 1.29 is 31.7 Å². The second-order valence-corrected chi connectivity index (χ2v) is 11.4. The first-order valence-corrected chi connectivity index (χ1v) is 13.2. The van der Waals surface area contributed by atoms with E-state index in [-0.39, 0.29) is 22.8 Å². The van der Waals surface area contributed by atoms with Crippen molar-refractivity contribution >= 4 is 34.8 Å². The molecular formula is C22H16F3N2O6PS. The Bertz CT molecular complexity index is 1490. The molecular weight excluding hydrogens is 508 g/mol. The second-order valence-electron chi connectivity index (χ2n) is 7.19. The average molecular weight is 524 g/mol. The predicted molar refractivity (Wildman–Crippen MR) is 126 cm³/mol. The van der Waals surface area contributed by atoms with Crippen molar-refractivity contribution in [3.63, 3.8) is 0 Å². The maximum atomic E-state index is 13.9. The van der Waals surface area contributed by atoms with E-state index in [2.05, 4.69) is 4.98 Å². The molecule has 4 rings (SSSR count). The number of hydrogen-bond donors (Lipinski definition) is 1. The molecule has 0 saturated heterocycles. The Hall–Kier alpha value is -3.50. The van der Waals surface area contributed by atoms with Gasteiger partial charge in [-0.2, -0.15) is 13.2 Å². The quantitative estimate of drug-likeness (QED) is 0.121. The van der Waals surface area contributed by atoms with Crippen LogP contribution in [0.25, 0.3) is 22.2 Å². The minimum atomic E-state index is -4.86. The number of aromatic nitrogens is 1. The number of rotatable bonds is 7. The van der Waals surface area contributed by atoms with Crippen LogP contribution in [0.5, 0.6) is 11.5 Å². The summed E-state index contributed by atoms with van der Waals surface area (Å²) in [5, 5.41) is 11.3. The zero-order valence-electron chi connectivity index (χ0n) is 17.9. The Balaban J connectivity index is 1.82. The lowest BCUT2D eigenvalue weighted by Crippen LogP contribution is -2.18. The number of nitro groups is 1. The van der Waals surface area contributed by atoms with E-state index < -0.39 is 40.3 Å². The number of non-ortho nitro benzene ring substituents is 1. The van der Waals surface area contributed by atoms with Crippen LogP contribution in [0, 0.1) is 10.1 Å². The van der Waals surface area contributed by atoms with Crippen LogP contribution in [0.4, 0.5) is 18.9 Å². The van der Waals surface area contributed by atoms with Gasteiger partial charge in [-0.3, -0.25) is 14.9 Å². The van der Waals surface area contributed by atoms with Crippen molar-refractivity contribution in [2.24, 2.45) is 0 Å². The number of hydrogen-bond acceptors (Lipinski definition) is 7. The number of para-hydroxylation sites is 1. The fourth-order valence-corrected chi connectivity index (χ4v) is 6.34. The molecule has 1 aliphatic heterocycles. The maximum absolute atomic E-state index is 13.9. The van der Waals surface area contributed by atoms with Gasteiger partial charge in [0.15, 0.2) is 5.75 Å². The van der Waals surface area contributed by atoms with Gasteiger partial charge < -0.3 is 14.0 Å². The lowest BCUT2D eigenvalue weighted by atomic mass is 9.99. The van der Waals surface area contributed by atoms with Crippen molar-refractivity contribution in [3.05, 3.63) is 86.6 Å². The molecule has 2 aromatic rings. The van der Waals surface area contributed by atoms with Crippen molar-refractivity contribution in [3.8, 4) is 22.8 Å². The van der Waals surface area contributed by atoms with Gasteiger partial charge in [-0.25, -0.2) is 4.57 Å². The summed E-state index contributed by atoms with van der Waals surface area (Å²) in [6, 6.07) is 12.9. The molecule has 8 nitrogen and oxygen atoms in total. The van der Waals surface area contributed by atoms with Gasteiger partial charge >= 0.3 is 13.0 Å².